The zero-order valence-corrected chi connectivity index (χ0v) is 8.91. The lowest BCUT2D eigenvalue weighted by atomic mass is 10.2. The van der Waals surface area contributed by atoms with Crippen molar-refractivity contribution in [2.45, 2.75) is 13.8 Å². The van der Waals surface area contributed by atoms with Crippen molar-refractivity contribution in [3.8, 4) is 5.75 Å². The average Bonchev–Trinajstić information content (AvgIpc) is 2.20. The number of ether oxygens (including phenoxy) is 1. The number of hydrogen-bond acceptors (Lipinski definition) is 4. The maximum Gasteiger partial charge on any atom is 0.325 e. The molecule has 0 radical (unpaired) electrons. The summed E-state index contributed by atoms with van der Waals surface area (Å²) in [7, 11) is 0. The van der Waals surface area contributed by atoms with Gasteiger partial charge >= 0.3 is 5.97 Å². The van der Waals surface area contributed by atoms with E-state index in [1.807, 2.05) is 6.92 Å². The molecule has 0 aromatic heterocycles. The van der Waals surface area contributed by atoms with Crippen molar-refractivity contribution < 1.29 is 14.6 Å². The first-order valence-electron chi connectivity index (χ1n) is 4.82. The number of phenolic OH excluding ortho intramolecular Hbond substituents is 1. The Bertz CT molecular complexity index is 350. The molecule has 0 amide bonds. The Hall–Kier alpha value is -1.71. The van der Waals surface area contributed by atoms with Gasteiger partial charge in [0.1, 0.15) is 12.3 Å². The molecular formula is C11H15NO3. The number of esters is 1. The number of phenols is 1. The highest BCUT2D eigenvalue weighted by atomic mass is 16.5. The predicted molar refractivity (Wildman–Crippen MR) is 58.0 cm³/mol. The lowest BCUT2D eigenvalue weighted by molar-refractivity contribution is -0.140. The Morgan fingerprint density at radius 3 is 2.93 bits per heavy atom. The van der Waals surface area contributed by atoms with Crippen LogP contribution in [0.3, 0.4) is 0 Å². The van der Waals surface area contributed by atoms with Gasteiger partial charge in [-0.2, -0.15) is 0 Å². The molecule has 0 atom stereocenters. The SMILES string of the molecule is CCOC(=O)CNc1cc(C)ccc1O. The number of aryl methyl sites for hydroxylation is 1. The Labute approximate surface area is 88.9 Å². The zero-order valence-electron chi connectivity index (χ0n) is 8.91. The number of carbonyl (C=O) groups excluding carboxylic acids is 1. The topological polar surface area (TPSA) is 58.6 Å². The van der Waals surface area contributed by atoms with Gasteiger partial charge in [-0.05, 0) is 31.5 Å². The minimum Gasteiger partial charge on any atom is -0.506 e. The molecule has 0 saturated heterocycles. The Morgan fingerprint density at radius 2 is 2.27 bits per heavy atom. The molecule has 4 nitrogen and oxygen atoms in total. The van der Waals surface area contributed by atoms with Crippen LogP contribution in [0.2, 0.25) is 0 Å². The van der Waals surface area contributed by atoms with Crippen LogP contribution in [0.4, 0.5) is 5.69 Å². The molecule has 0 aliphatic carbocycles. The van der Waals surface area contributed by atoms with E-state index in [0.29, 0.717) is 12.3 Å². The first-order chi connectivity index (χ1) is 7.13. The van der Waals surface area contributed by atoms with Gasteiger partial charge in [0.2, 0.25) is 0 Å². The lowest BCUT2D eigenvalue weighted by Crippen LogP contribution is -2.16. The zero-order chi connectivity index (χ0) is 11.3. The second kappa shape index (κ2) is 5.24. The Morgan fingerprint density at radius 1 is 1.53 bits per heavy atom. The average molecular weight is 209 g/mol. The largest absolute Gasteiger partial charge is 0.506 e. The molecule has 1 aromatic rings. The molecule has 15 heavy (non-hydrogen) atoms. The predicted octanol–water partition coefficient (Wildman–Crippen LogP) is 1.68. The van der Waals surface area contributed by atoms with E-state index in [4.69, 9.17) is 4.74 Å². The molecule has 0 unspecified atom stereocenters. The van der Waals surface area contributed by atoms with Crippen molar-refractivity contribution in [1.29, 1.82) is 0 Å². The minimum absolute atomic E-state index is 0.0604. The first-order valence-corrected chi connectivity index (χ1v) is 4.82. The molecule has 2 N–H and O–H groups in total. The van der Waals surface area contributed by atoms with E-state index >= 15 is 0 Å². The van der Waals surface area contributed by atoms with E-state index in [-0.39, 0.29) is 18.3 Å². The quantitative estimate of drug-likeness (QED) is 0.585. The summed E-state index contributed by atoms with van der Waals surface area (Å²) in [4.78, 5) is 11.0. The molecule has 0 aliphatic rings. The van der Waals surface area contributed by atoms with Crippen molar-refractivity contribution in [3.05, 3.63) is 23.8 Å². The van der Waals surface area contributed by atoms with E-state index in [1.54, 1.807) is 25.1 Å². The fourth-order valence-electron chi connectivity index (χ4n) is 1.17. The van der Waals surface area contributed by atoms with Gasteiger partial charge in [0.25, 0.3) is 0 Å². The van der Waals surface area contributed by atoms with Gasteiger partial charge in [0.15, 0.2) is 0 Å². The van der Waals surface area contributed by atoms with Gasteiger partial charge in [-0.1, -0.05) is 6.07 Å². The van der Waals surface area contributed by atoms with E-state index in [9.17, 15) is 9.90 Å². The van der Waals surface area contributed by atoms with Gasteiger partial charge in [-0.25, -0.2) is 0 Å². The molecule has 0 spiro atoms. The molecule has 4 heteroatoms. The highest BCUT2D eigenvalue weighted by Crippen LogP contribution is 2.23. The highest BCUT2D eigenvalue weighted by molar-refractivity contribution is 5.76. The summed E-state index contributed by atoms with van der Waals surface area (Å²) in [6.45, 7) is 4.09. The molecule has 0 heterocycles. The second-order valence-corrected chi connectivity index (χ2v) is 3.18. The number of hydrogen-bond donors (Lipinski definition) is 2. The summed E-state index contributed by atoms with van der Waals surface area (Å²) in [6, 6.07) is 5.16. The highest BCUT2D eigenvalue weighted by Gasteiger charge is 2.04. The molecule has 0 fully saturated rings. The van der Waals surface area contributed by atoms with Crippen molar-refractivity contribution in [2.24, 2.45) is 0 Å². The fourth-order valence-corrected chi connectivity index (χ4v) is 1.17. The summed E-state index contributed by atoms with van der Waals surface area (Å²) < 4.78 is 4.75. The molecule has 1 aromatic carbocycles. The van der Waals surface area contributed by atoms with E-state index < -0.39 is 0 Å². The van der Waals surface area contributed by atoms with Crippen molar-refractivity contribution in [3.63, 3.8) is 0 Å². The van der Waals surface area contributed by atoms with Crippen molar-refractivity contribution >= 4 is 11.7 Å². The molecule has 0 aliphatic heterocycles. The third-order valence-corrected chi connectivity index (χ3v) is 1.88. The number of anilines is 1. The van der Waals surface area contributed by atoms with Crippen LogP contribution < -0.4 is 5.32 Å². The van der Waals surface area contributed by atoms with Crippen LogP contribution in [-0.2, 0) is 9.53 Å². The van der Waals surface area contributed by atoms with Crippen LogP contribution in [-0.4, -0.2) is 24.2 Å². The van der Waals surface area contributed by atoms with Gasteiger partial charge in [-0.15, -0.1) is 0 Å². The first kappa shape index (κ1) is 11.4. The Balaban J connectivity index is 2.57. The standard InChI is InChI=1S/C11H15NO3/c1-3-15-11(14)7-12-9-6-8(2)4-5-10(9)13/h4-6,12-13H,3,7H2,1-2H3. The summed E-state index contributed by atoms with van der Waals surface area (Å²) in [5, 5.41) is 12.3. The summed E-state index contributed by atoms with van der Waals surface area (Å²) in [6.07, 6.45) is 0. The maximum atomic E-state index is 11.0. The third kappa shape index (κ3) is 3.50. The number of benzene rings is 1. The molecule has 1 rings (SSSR count). The molecule has 0 saturated carbocycles. The van der Waals surface area contributed by atoms with Crippen molar-refractivity contribution in [1.82, 2.24) is 0 Å². The minimum atomic E-state index is -0.335. The third-order valence-electron chi connectivity index (χ3n) is 1.88. The van der Waals surface area contributed by atoms with E-state index in [2.05, 4.69) is 5.32 Å². The van der Waals surface area contributed by atoms with Crippen LogP contribution in [0.5, 0.6) is 5.75 Å². The molecule has 82 valence electrons. The summed E-state index contributed by atoms with van der Waals surface area (Å²) in [5.74, 6) is -0.205. The van der Waals surface area contributed by atoms with E-state index in [0.717, 1.165) is 5.56 Å². The van der Waals surface area contributed by atoms with Gasteiger partial charge in [0.05, 0.1) is 12.3 Å². The van der Waals surface area contributed by atoms with Crippen molar-refractivity contribution in [2.75, 3.05) is 18.5 Å². The van der Waals surface area contributed by atoms with Gasteiger partial charge in [-0.3, -0.25) is 4.79 Å². The molecular weight excluding hydrogens is 194 g/mol. The normalized spacial score (nSPS) is 9.73. The number of nitrogens with one attached hydrogen (secondary N) is 1. The van der Waals surface area contributed by atoms with Crippen LogP contribution in [0, 0.1) is 6.92 Å². The van der Waals surface area contributed by atoms with Crippen LogP contribution in [0.1, 0.15) is 12.5 Å². The van der Waals surface area contributed by atoms with Gasteiger partial charge in [0, 0.05) is 0 Å². The number of rotatable bonds is 4. The monoisotopic (exact) mass is 209 g/mol. The lowest BCUT2D eigenvalue weighted by Gasteiger charge is -2.08. The fraction of sp³-hybridized carbons (Fsp3) is 0.364. The second-order valence-electron chi connectivity index (χ2n) is 3.18. The van der Waals surface area contributed by atoms with Crippen LogP contribution >= 0.6 is 0 Å². The number of carbonyl (C=O) groups is 1. The maximum absolute atomic E-state index is 11.0. The van der Waals surface area contributed by atoms with Crippen LogP contribution in [0.15, 0.2) is 18.2 Å². The summed E-state index contributed by atoms with van der Waals surface area (Å²) >= 11 is 0. The summed E-state index contributed by atoms with van der Waals surface area (Å²) in [5.41, 5.74) is 1.56. The Kier molecular flexibility index (Phi) is 3.97. The van der Waals surface area contributed by atoms with E-state index in [1.165, 1.54) is 0 Å². The van der Waals surface area contributed by atoms with Gasteiger partial charge < -0.3 is 15.2 Å². The van der Waals surface area contributed by atoms with Crippen LogP contribution in [0.25, 0.3) is 0 Å². The molecule has 0 bridgehead atoms. The number of aromatic hydroxyl groups is 1. The smallest absolute Gasteiger partial charge is 0.325 e.